The number of hydrogen-bond donors (Lipinski definition) is 2. The molecule has 19 heavy (non-hydrogen) atoms. The van der Waals surface area contributed by atoms with Gasteiger partial charge in [-0.15, -0.1) is 0 Å². The van der Waals surface area contributed by atoms with Gasteiger partial charge in [0.2, 0.25) is 0 Å². The largest absolute Gasteiger partial charge is 0.381 e. The summed E-state index contributed by atoms with van der Waals surface area (Å²) in [6.07, 6.45) is 4.35. The van der Waals surface area contributed by atoms with Gasteiger partial charge in [-0.2, -0.15) is 0 Å². The normalized spacial score (nSPS) is 10.5. The van der Waals surface area contributed by atoms with Crippen molar-refractivity contribution in [3.8, 4) is 0 Å². The van der Waals surface area contributed by atoms with Crippen molar-refractivity contribution in [1.82, 2.24) is 9.97 Å². The van der Waals surface area contributed by atoms with Crippen LogP contribution in [0.2, 0.25) is 0 Å². The molecule has 2 aromatic heterocycles. The summed E-state index contributed by atoms with van der Waals surface area (Å²) in [5.74, 6) is 0. The summed E-state index contributed by atoms with van der Waals surface area (Å²) < 4.78 is 5.45. The van der Waals surface area contributed by atoms with E-state index in [4.69, 9.17) is 4.74 Å². The van der Waals surface area contributed by atoms with Gasteiger partial charge < -0.3 is 14.7 Å². The summed E-state index contributed by atoms with van der Waals surface area (Å²) in [4.78, 5) is 28.0. The molecule has 0 saturated carbocycles. The molecule has 0 bridgehead atoms. The van der Waals surface area contributed by atoms with E-state index in [1.54, 1.807) is 36.7 Å². The van der Waals surface area contributed by atoms with Crippen molar-refractivity contribution in [3.63, 3.8) is 0 Å². The topological polar surface area (TPSA) is 75.0 Å². The second kappa shape index (κ2) is 6.70. The van der Waals surface area contributed by atoms with E-state index in [0.29, 0.717) is 37.2 Å². The summed E-state index contributed by atoms with van der Waals surface area (Å²) in [7, 11) is 0. The Balaban J connectivity index is 1.74. The number of rotatable bonds is 6. The molecule has 0 fully saturated rings. The number of aromatic amines is 2. The predicted octanol–water partition coefficient (Wildman–Crippen LogP) is 0.865. The molecule has 2 N–H and O–H groups in total. The Hall–Kier alpha value is -2.14. The molecular formula is C14H16N2O3. The molecule has 0 amide bonds. The van der Waals surface area contributed by atoms with E-state index in [2.05, 4.69) is 9.97 Å². The monoisotopic (exact) mass is 260 g/mol. The molecule has 2 heterocycles. The Morgan fingerprint density at radius 3 is 1.74 bits per heavy atom. The minimum atomic E-state index is -0.0781. The van der Waals surface area contributed by atoms with E-state index in [1.807, 2.05) is 0 Å². The van der Waals surface area contributed by atoms with Crippen molar-refractivity contribution >= 4 is 0 Å². The maximum absolute atomic E-state index is 11.4. The van der Waals surface area contributed by atoms with Gasteiger partial charge in [-0.25, -0.2) is 0 Å². The van der Waals surface area contributed by atoms with Crippen LogP contribution in [-0.2, 0) is 17.6 Å². The van der Waals surface area contributed by atoms with Gasteiger partial charge in [-0.05, 0) is 12.1 Å². The van der Waals surface area contributed by atoms with E-state index in [-0.39, 0.29) is 11.1 Å². The van der Waals surface area contributed by atoms with Crippen LogP contribution in [0.5, 0.6) is 0 Å². The van der Waals surface area contributed by atoms with Gasteiger partial charge in [0.15, 0.2) is 0 Å². The standard InChI is InChI=1S/C14H16N2O3/c17-13-11(3-1-7-15-13)5-9-19-10-6-12-4-2-8-16-14(12)18/h1-4,7-8H,5-6,9-10H2,(H,15,17)(H,16,18). The average molecular weight is 260 g/mol. The smallest absolute Gasteiger partial charge is 0.251 e. The van der Waals surface area contributed by atoms with Gasteiger partial charge in [0.05, 0.1) is 13.2 Å². The Kier molecular flexibility index (Phi) is 4.69. The van der Waals surface area contributed by atoms with E-state index in [1.165, 1.54) is 0 Å². The minimum absolute atomic E-state index is 0.0781. The molecule has 0 aliphatic rings. The van der Waals surface area contributed by atoms with Crippen LogP contribution in [0.4, 0.5) is 0 Å². The highest BCUT2D eigenvalue weighted by Crippen LogP contribution is 1.95. The van der Waals surface area contributed by atoms with Crippen molar-refractivity contribution < 1.29 is 4.74 Å². The zero-order valence-corrected chi connectivity index (χ0v) is 10.5. The SMILES string of the molecule is O=c1[nH]cccc1CCOCCc1ccc[nH]c1=O. The van der Waals surface area contributed by atoms with Crippen LogP contribution >= 0.6 is 0 Å². The molecule has 2 aromatic rings. The highest BCUT2D eigenvalue weighted by atomic mass is 16.5. The first-order chi connectivity index (χ1) is 9.27. The Morgan fingerprint density at radius 2 is 1.32 bits per heavy atom. The van der Waals surface area contributed by atoms with Gasteiger partial charge >= 0.3 is 0 Å². The van der Waals surface area contributed by atoms with E-state index < -0.39 is 0 Å². The molecule has 0 unspecified atom stereocenters. The summed E-state index contributed by atoms with van der Waals surface area (Å²) in [6, 6.07) is 7.15. The molecule has 0 radical (unpaired) electrons. The fourth-order valence-corrected chi connectivity index (χ4v) is 1.77. The maximum Gasteiger partial charge on any atom is 0.251 e. The van der Waals surface area contributed by atoms with Crippen LogP contribution in [0.15, 0.2) is 46.2 Å². The van der Waals surface area contributed by atoms with Gasteiger partial charge in [0.25, 0.3) is 11.1 Å². The molecule has 0 spiro atoms. The molecule has 100 valence electrons. The lowest BCUT2D eigenvalue weighted by molar-refractivity contribution is 0.140. The van der Waals surface area contributed by atoms with Crippen LogP contribution in [0.3, 0.4) is 0 Å². The lowest BCUT2D eigenvalue weighted by Gasteiger charge is -2.03. The van der Waals surface area contributed by atoms with E-state index >= 15 is 0 Å². The van der Waals surface area contributed by atoms with Crippen molar-refractivity contribution in [3.05, 3.63) is 68.5 Å². The fourth-order valence-electron chi connectivity index (χ4n) is 1.77. The number of pyridine rings is 2. The molecular weight excluding hydrogens is 244 g/mol. The highest BCUT2D eigenvalue weighted by molar-refractivity contribution is 5.10. The van der Waals surface area contributed by atoms with Crippen molar-refractivity contribution in [2.24, 2.45) is 0 Å². The lowest BCUT2D eigenvalue weighted by Crippen LogP contribution is -2.16. The quantitative estimate of drug-likeness (QED) is 0.757. The minimum Gasteiger partial charge on any atom is -0.381 e. The summed E-state index contributed by atoms with van der Waals surface area (Å²) in [6.45, 7) is 0.940. The number of ether oxygens (including phenoxy) is 1. The van der Waals surface area contributed by atoms with Crippen molar-refractivity contribution in [2.45, 2.75) is 12.8 Å². The number of aromatic nitrogens is 2. The van der Waals surface area contributed by atoms with Crippen LogP contribution < -0.4 is 11.1 Å². The van der Waals surface area contributed by atoms with Crippen LogP contribution in [0.25, 0.3) is 0 Å². The molecule has 0 saturated heterocycles. The van der Waals surface area contributed by atoms with Gasteiger partial charge in [0.1, 0.15) is 0 Å². The first-order valence-corrected chi connectivity index (χ1v) is 6.18. The van der Waals surface area contributed by atoms with Crippen molar-refractivity contribution in [2.75, 3.05) is 13.2 Å². The number of nitrogens with one attached hydrogen (secondary N) is 2. The van der Waals surface area contributed by atoms with Gasteiger partial charge in [0, 0.05) is 36.4 Å². The number of hydrogen-bond acceptors (Lipinski definition) is 3. The van der Waals surface area contributed by atoms with Crippen LogP contribution in [0.1, 0.15) is 11.1 Å². The molecule has 5 nitrogen and oxygen atoms in total. The molecule has 0 atom stereocenters. The molecule has 0 aromatic carbocycles. The zero-order chi connectivity index (χ0) is 13.5. The molecule has 0 aliphatic carbocycles. The molecule has 5 heteroatoms. The second-order valence-corrected chi connectivity index (χ2v) is 4.16. The summed E-state index contributed by atoms with van der Waals surface area (Å²) in [5.41, 5.74) is 1.26. The van der Waals surface area contributed by atoms with Crippen LogP contribution in [-0.4, -0.2) is 23.2 Å². The fraction of sp³-hybridized carbons (Fsp3) is 0.286. The first-order valence-electron chi connectivity index (χ1n) is 6.18. The first kappa shape index (κ1) is 13.3. The zero-order valence-electron chi connectivity index (χ0n) is 10.5. The third kappa shape index (κ3) is 3.93. The van der Waals surface area contributed by atoms with E-state index in [0.717, 1.165) is 0 Å². The predicted molar refractivity (Wildman–Crippen MR) is 72.4 cm³/mol. The lowest BCUT2D eigenvalue weighted by atomic mass is 10.2. The Morgan fingerprint density at radius 1 is 0.842 bits per heavy atom. The Labute approximate surface area is 110 Å². The third-order valence-electron chi connectivity index (χ3n) is 2.83. The van der Waals surface area contributed by atoms with Crippen molar-refractivity contribution in [1.29, 1.82) is 0 Å². The number of H-pyrrole nitrogens is 2. The van der Waals surface area contributed by atoms with Gasteiger partial charge in [-0.3, -0.25) is 9.59 Å². The third-order valence-corrected chi connectivity index (χ3v) is 2.83. The average Bonchev–Trinajstić information content (AvgIpc) is 2.42. The van der Waals surface area contributed by atoms with E-state index in [9.17, 15) is 9.59 Å². The Bertz CT molecular complexity index is 575. The summed E-state index contributed by atoms with van der Waals surface area (Å²) >= 11 is 0. The van der Waals surface area contributed by atoms with Gasteiger partial charge in [-0.1, -0.05) is 12.1 Å². The summed E-state index contributed by atoms with van der Waals surface area (Å²) in [5, 5.41) is 0. The highest BCUT2D eigenvalue weighted by Gasteiger charge is 2.00. The molecule has 0 aliphatic heterocycles. The second-order valence-electron chi connectivity index (χ2n) is 4.16. The van der Waals surface area contributed by atoms with Crippen LogP contribution in [0, 0.1) is 0 Å². The maximum atomic E-state index is 11.4. The molecule has 2 rings (SSSR count).